The summed E-state index contributed by atoms with van der Waals surface area (Å²) in [5.41, 5.74) is 8.69. The first-order chi connectivity index (χ1) is 8.09. The van der Waals surface area contributed by atoms with E-state index in [9.17, 15) is 0 Å². The minimum Gasteiger partial charge on any atom is -0.486 e. The summed E-state index contributed by atoms with van der Waals surface area (Å²) >= 11 is 3.64. The first kappa shape index (κ1) is 11.4. The molecular formula is C13H16BrNO2. The highest BCUT2D eigenvalue weighted by molar-refractivity contribution is 9.10. The number of ether oxygens (including phenoxy) is 2. The number of rotatable bonds is 2. The normalized spacial score (nSPS) is 20.2. The van der Waals surface area contributed by atoms with Gasteiger partial charge in [0.25, 0.3) is 0 Å². The lowest BCUT2D eigenvalue weighted by atomic mass is 9.99. The second kappa shape index (κ2) is 3.89. The van der Waals surface area contributed by atoms with Gasteiger partial charge in [-0.05, 0) is 59.3 Å². The Balaban J connectivity index is 2.02. The molecule has 1 aromatic carbocycles. The minimum absolute atomic E-state index is 0.0110. The van der Waals surface area contributed by atoms with Crippen LogP contribution in [0.5, 0.6) is 11.5 Å². The SMILES string of the molecule is Cc1cc2c(c(Br)c1CC1(N)CC1)OCCO2. The van der Waals surface area contributed by atoms with Gasteiger partial charge in [-0.25, -0.2) is 0 Å². The molecule has 92 valence electrons. The summed E-state index contributed by atoms with van der Waals surface area (Å²) in [7, 11) is 0. The molecule has 1 aromatic rings. The average molecular weight is 298 g/mol. The Hall–Kier alpha value is -0.740. The zero-order valence-corrected chi connectivity index (χ0v) is 11.5. The Bertz CT molecular complexity index is 469. The predicted molar refractivity (Wildman–Crippen MR) is 69.7 cm³/mol. The Morgan fingerprint density at radius 3 is 2.76 bits per heavy atom. The molecule has 1 fully saturated rings. The number of nitrogens with two attached hydrogens (primary N) is 1. The standard InChI is InChI=1S/C13H16BrNO2/c1-8-6-10-12(17-5-4-16-10)11(14)9(8)7-13(15)2-3-13/h6H,2-5,7,15H2,1H3. The molecule has 1 saturated carbocycles. The lowest BCUT2D eigenvalue weighted by Gasteiger charge is -2.23. The van der Waals surface area contributed by atoms with E-state index < -0.39 is 0 Å². The first-order valence-corrected chi connectivity index (χ1v) is 6.75. The summed E-state index contributed by atoms with van der Waals surface area (Å²) in [5, 5.41) is 0. The van der Waals surface area contributed by atoms with Crippen LogP contribution in [0.25, 0.3) is 0 Å². The molecule has 1 heterocycles. The van der Waals surface area contributed by atoms with Gasteiger partial charge >= 0.3 is 0 Å². The molecule has 2 aliphatic rings. The molecule has 4 heteroatoms. The molecule has 1 aliphatic heterocycles. The van der Waals surface area contributed by atoms with Gasteiger partial charge in [-0.3, -0.25) is 0 Å². The van der Waals surface area contributed by atoms with E-state index in [0.29, 0.717) is 13.2 Å². The van der Waals surface area contributed by atoms with Gasteiger partial charge in [-0.15, -0.1) is 0 Å². The largest absolute Gasteiger partial charge is 0.486 e. The third-order valence-electron chi connectivity index (χ3n) is 3.52. The highest BCUT2D eigenvalue weighted by Gasteiger charge is 2.39. The van der Waals surface area contributed by atoms with Crippen LogP contribution in [-0.2, 0) is 6.42 Å². The lowest BCUT2D eigenvalue weighted by Crippen LogP contribution is -2.25. The van der Waals surface area contributed by atoms with Crippen LogP contribution in [0, 0.1) is 6.92 Å². The summed E-state index contributed by atoms with van der Waals surface area (Å²) in [5.74, 6) is 1.67. The van der Waals surface area contributed by atoms with Crippen molar-refractivity contribution < 1.29 is 9.47 Å². The van der Waals surface area contributed by atoms with Gasteiger partial charge in [-0.1, -0.05) is 0 Å². The van der Waals surface area contributed by atoms with Crippen molar-refractivity contribution >= 4 is 15.9 Å². The molecule has 0 spiro atoms. The molecule has 2 N–H and O–H groups in total. The van der Waals surface area contributed by atoms with E-state index in [1.54, 1.807) is 0 Å². The topological polar surface area (TPSA) is 44.5 Å². The summed E-state index contributed by atoms with van der Waals surface area (Å²) in [6.45, 7) is 3.34. The third kappa shape index (κ3) is 2.04. The van der Waals surface area contributed by atoms with Gasteiger partial charge < -0.3 is 15.2 Å². The van der Waals surface area contributed by atoms with Gasteiger partial charge in [0.1, 0.15) is 13.2 Å². The van der Waals surface area contributed by atoms with E-state index in [1.165, 1.54) is 11.1 Å². The van der Waals surface area contributed by atoms with Crippen molar-refractivity contribution in [2.45, 2.75) is 31.7 Å². The number of fused-ring (bicyclic) bond motifs is 1. The second-order valence-corrected chi connectivity index (χ2v) is 5.84. The van der Waals surface area contributed by atoms with E-state index in [-0.39, 0.29) is 5.54 Å². The van der Waals surface area contributed by atoms with Crippen molar-refractivity contribution in [3.63, 3.8) is 0 Å². The molecule has 0 saturated heterocycles. The van der Waals surface area contributed by atoms with Crippen LogP contribution in [0.4, 0.5) is 0 Å². The van der Waals surface area contributed by atoms with Crippen LogP contribution in [0.1, 0.15) is 24.0 Å². The van der Waals surface area contributed by atoms with Gasteiger partial charge in [0, 0.05) is 5.54 Å². The monoisotopic (exact) mass is 297 g/mol. The minimum atomic E-state index is 0.0110. The van der Waals surface area contributed by atoms with E-state index in [4.69, 9.17) is 15.2 Å². The number of hydrogen-bond acceptors (Lipinski definition) is 3. The molecule has 0 atom stereocenters. The van der Waals surface area contributed by atoms with Crippen LogP contribution in [-0.4, -0.2) is 18.8 Å². The van der Waals surface area contributed by atoms with Crippen LogP contribution >= 0.6 is 15.9 Å². The van der Waals surface area contributed by atoms with E-state index in [1.807, 2.05) is 0 Å². The highest BCUT2D eigenvalue weighted by atomic mass is 79.9. The summed E-state index contributed by atoms with van der Waals surface area (Å²) in [6, 6.07) is 2.06. The number of benzene rings is 1. The molecule has 0 amide bonds. The molecular weight excluding hydrogens is 282 g/mol. The fourth-order valence-electron chi connectivity index (χ4n) is 2.21. The quantitative estimate of drug-likeness (QED) is 0.912. The van der Waals surface area contributed by atoms with Crippen LogP contribution in [0.2, 0.25) is 0 Å². The van der Waals surface area contributed by atoms with Gasteiger partial charge in [0.05, 0.1) is 4.47 Å². The van der Waals surface area contributed by atoms with E-state index in [2.05, 4.69) is 28.9 Å². The van der Waals surface area contributed by atoms with Gasteiger partial charge in [0.2, 0.25) is 0 Å². The van der Waals surface area contributed by atoms with Crippen LogP contribution in [0.15, 0.2) is 10.5 Å². The summed E-state index contributed by atoms with van der Waals surface area (Å²) in [4.78, 5) is 0. The Morgan fingerprint density at radius 1 is 1.35 bits per heavy atom. The van der Waals surface area contributed by atoms with E-state index in [0.717, 1.165) is 35.2 Å². The molecule has 3 rings (SSSR count). The van der Waals surface area contributed by atoms with Gasteiger partial charge in [0.15, 0.2) is 11.5 Å². The zero-order chi connectivity index (χ0) is 12.0. The van der Waals surface area contributed by atoms with Crippen molar-refractivity contribution in [3.05, 3.63) is 21.7 Å². The zero-order valence-electron chi connectivity index (χ0n) is 9.88. The molecule has 0 aromatic heterocycles. The lowest BCUT2D eigenvalue weighted by molar-refractivity contribution is 0.170. The number of hydrogen-bond donors (Lipinski definition) is 1. The molecule has 3 nitrogen and oxygen atoms in total. The summed E-state index contributed by atoms with van der Waals surface area (Å²) in [6.07, 6.45) is 3.15. The number of aryl methyl sites for hydroxylation is 1. The van der Waals surface area contributed by atoms with Crippen molar-refractivity contribution in [2.24, 2.45) is 5.73 Å². The van der Waals surface area contributed by atoms with Crippen molar-refractivity contribution in [1.82, 2.24) is 0 Å². The Morgan fingerprint density at radius 2 is 2.06 bits per heavy atom. The maximum atomic E-state index is 6.20. The predicted octanol–water partition coefficient (Wildman–Crippen LogP) is 2.56. The first-order valence-electron chi connectivity index (χ1n) is 5.95. The Kier molecular flexibility index (Phi) is 2.60. The van der Waals surface area contributed by atoms with Crippen molar-refractivity contribution in [3.8, 4) is 11.5 Å². The smallest absolute Gasteiger partial charge is 0.175 e. The molecule has 0 radical (unpaired) electrons. The second-order valence-electron chi connectivity index (χ2n) is 5.05. The fourth-order valence-corrected chi connectivity index (χ4v) is 2.97. The highest BCUT2D eigenvalue weighted by Crippen LogP contribution is 2.45. The van der Waals surface area contributed by atoms with E-state index >= 15 is 0 Å². The molecule has 0 bridgehead atoms. The van der Waals surface area contributed by atoms with Crippen LogP contribution < -0.4 is 15.2 Å². The maximum absolute atomic E-state index is 6.20. The molecule has 17 heavy (non-hydrogen) atoms. The molecule has 1 aliphatic carbocycles. The van der Waals surface area contributed by atoms with Crippen molar-refractivity contribution in [2.75, 3.05) is 13.2 Å². The average Bonchev–Trinajstić information content (AvgIpc) is 3.03. The number of halogens is 1. The van der Waals surface area contributed by atoms with Crippen LogP contribution in [0.3, 0.4) is 0 Å². The van der Waals surface area contributed by atoms with Crippen molar-refractivity contribution in [1.29, 1.82) is 0 Å². The third-order valence-corrected chi connectivity index (χ3v) is 4.36. The Labute approximate surface area is 109 Å². The fraction of sp³-hybridized carbons (Fsp3) is 0.538. The molecule has 0 unspecified atom stereocenters. The maximum Gasteiger partial charge on any atom is 0.175 e. The van der Waals surface area contributed by atoms with Gasteiger partial charge in [-0.2, -0.15) is 0 Å². The summed E-state index contributed by atoms with van der Waals surface area (Å²) < 4.78 is 12.3.